The molecule has 0 aromatic carbocycles. The summed E-state index contributed by atoms with van der Waals surface area (Å²) in [5.41, 5.74) is 17.5. The Balaban J connectivity index is 1.50. The molecule has 2 aliphatic rings. The fraction of sp³-hybridized carbons (Fsp3) is 0.625. The topological polar surface area (TPSA) is 527 Å². The molecule has 33 heteroatoms. The number of carboxylic acid groups (broad SMARTS) is 2. The largest absolute Gasteiger partial charge is 0.481 e. The van der Waals surface area contributed by atoms with E-state index in [1.54, 1.807) is 0 Å². The third kappa shape index (κ3) is 19.5. The molecule has 9 amide bonds. The molecular weight excluding hydrogens is 1070 g/mol. The molecule has 2 fully saturated rings. The Labute approximate surface area is 464 Å². The van der Waals surface area contributed by atoms with Gasteiger partial charge >= 0.3 is 11.9 Å². The summed E-state index contributed by atoms with van der Waals surface area (Å²) in [5.74, 6) is -11.4. The van der Waals surface area contributed by atoms with Crippen LogP contribution < -0.4 is 54.4 Å². The van der Waals surface area contributed by atoms with Crippen molar-refractivity contribution < 1.29 is 78.3 Å². The number of likely N-dealkylation sites (tertiary alicyclic amines) is 2. The SMILES string of the molecule is C[C@H](NC(=O)[C@H](Cc1cnc[nH]1)NC(=O)[C@@H](NC(=O)[C@H](Cc1cnc[nH]1)NC(=O)[C@@H]1CCCN1C(=O)[C@@H](N)[C@@H](C)O)[C@@H](C)O)C(=O)N[C@@H](CCCN=C(N)N)C(=O)N[C@H](C(=O)N1CCC[C@H]1C(=O)N[C@@H](CCC(=O)O)C(=O)O)[C@@H](C)O. The lowest BCUT2D eigenvalue weighted by molar-refractivity contribution is -0.146. The summed E-state index contributed by atoms with van der Waals surface area (Å²) in [4.78, 5) is 167. The highest BCUT2D eigenvalue weighted by Crippen LogP contribution is 2.22. The number of guanidine groups is 1. The zero-order valence-corrected chi connectivity index (χ0v) is 45.2. The number of carbonyl (C=O) groups is 11. The number of hydrogen-bond acceptors (Lipinski definition) is 18. The fourth-order valence-electron chi connectivity index (χ4n) is 8.91. The smallest absolute Gasteiger partial charge is 0.326 e. The Kier molecular flexibility index (Phi) is 24.9. The van der Waals surface area contributed by atoms with Crippen molar-refractivity contribution in [3.63, 3.8) is 0 Å². The van der Waals surface area contributed by atoms with Crippen LogP contribution in [-0.4, -0.2) is 225 Å². The molecule has 2 saturated heterocycles. The van der Waals surface area contributed by atoms with E-state index in [1.807, 2.05) is 0 Å². The van der Waals surface area contributed by atoms with Gasteiger partial charge in [-0.05, 0) is 72.6 Å². The van der Waals surface area contributed by atoms with Crippen molar-refractivity contribution in [2.75, 3.05) is 19.6 Å². The number of rotatable bonds is 31. The molecule has 2 aliphatic heterocycles. The monoisotopic (exact) mass is 1150 g/mol. The van der Waals surface area contributed by atoms with Crippen molar-refractivity contribution in [2.45, 2.75) is 171 Å². The quantitative estimate of drug-likeness (QED) is 0.0189. The number of nitrogens with two attached hydrogens (primary N) is 3. The molecule has 13 atom stereocenters. The molecule has 0 saturated carbocycles. The highest BCUT2D eigenvalue weighted by Gasteiger charge is 2.43. The number of carbonyl (C=O) groups excluding carboxylic acids is 9. The lowest BCUT2D eigenvalue weighted by Crippen LogP contribution is -2.62. The van der Waals surface area contributed by atoms with Gasteiger partial charge in [-0.3, -0.25) is 52.9 Å². The number of H-pyrrole nitrogens is 2. The highest BCUT2D eigenvalue weighted by molar-refractivity contribution is 5.99. The van der Waals surface area contributed by atoms with Gasteiger partial charge in [-0.15, -0.1) is 0 Å². The van der Waals surface area contributed by atoms with Gasteiger partial charge in [0.2, 0.25) is 53.2 Å². The van der Waals surface area contributed by atoms with E-state index < -0.39 is 157 Å². The van der Waals surface area contributed by atoms with Crippen molar-refractivity contribution in [1.29, 1.82) is 0 Å². The van der Waals surface area contributed by atoms with E-state index in [1.165, 1.54) is 57.6 Å². The first-order chi connectivity index (χ1) is 38.2. The van der Waals surface area contributed by atoms with E-state index in [9.17, 15) is 73.2 Å². The van der Waals surface area contributed by atoms with Crippen LogP contribution in [-0.2, 0) is 65.6 Å². The molecule has 81 heavy (non-hydrogen) atoms. The van der Waals surface area contributed by atoms with Crippen LogP contribution in [0.5, 0.6) is 0 Å². The van der Waals surface area contributed by atoms with Crippen molar-refractivity contribution in [1.82, 2.24) is 67.0 Å². The fourth-order valence-corrected chi connectivity index (χ4v) is 8.91. The molecule has 4 rings (SSSR count). The van der Waals surface area contributed by atoms with Gasteiger partial charge in [-0.25, -0.2) is 14.8 Å². The normalized spacial score (nSPS) is 19.1. The number of aromatic nitrogens is 4. The van der Waals surface area contributed by atoms with Crippen LogP contribution in [0, 0.1) is 0 Å². The zero-order chi connectivity index (χ0) is 60.2. The van der Waals surface area contributed by atoms with Crippen LogP contribution in [0.2, 0.25) is 0 Å². The highest BCUT2D eigenvalue weighted by atomic mass is 16.4. The molecular formula is C48H75N17O16. The zero-order valence-electron chi connectivity index (χ0n) is 45.2. The van der Waals surface area contributed by atoms with Crippen molar-refractivity contribution in [3.05, 3.63) is 36.4 Å². The molecule has 4 heterocycles. The van der Waals surface area contributed by atoms with E-state index in [4.69, 9.17) is 22.3 Å². The Bertz CT molecular complexity index is 2540. The number of aliphatic hydroxyl groups excluding tert-OH is 3. The summed E-state index contributed by atoms with van der Waals surface area (Å²) in [6.07, 6.45) is 0.151. The van der Waals surface area contributed by atoms with Gasteiger partial charge in [0.25, 0.3) is 0 Å². The van der Waals surface area contributed by atoms with E-state index in [0.717, 1.165) is 4.90 Å². The predicted octanol–water partition coefficient (Wildman–Crippen LogP) is -7.21. The van der Waals surface area contributed by atoms with Gasteiger partial charge in [0.1, 0.15) is 60.4 Å². The molecule has 20 N–H and O–H groups in total. The van der Waals surface area contributed by atoms with Gasteiger partial charge in [0.05, 0.1) is 31.0 Å². The maximum absolute atomic E-state index is 14.1. The van der Waals surface area contributed by atoms with Crippen LogP contribution in [0.3, 0.4) is 0 Å². The standard InChI is InChI=1S/C48H75N17O16/c1-22(38(71)58-28(8-5-13-54-48(50)51)39(72)63-37(25(4)68)46(79)65-15-7-10-33(65)42(75)59-29(47(80)81)11-12-34(69)70)57-40(73)30(16-26-18-52-20-55-26)61-44(77)36(24(3)67)62-41(74)31(17-27-19-53-21-56-27)60-43(76)32-9-6-14-64(32)45(78)35(49)23(2)66/h18-25,28-33,35-37,66-68H,5-17,49H2,1-4H3,(H,52,55)(H,53,56)(H,57,73)(H,58,71)(H,59,75)(H,60,76)(H,61,77)(H,62,74)(H,63,72)(H,69,70)(H,80,81)(H4,50,51,54)/t22-,23+,24+,25+,28-,29-,30-,31-,32-,33-,35-,36-,37-/m0/s1. The number of aliphatic carboxylic acids is 2. The summed E-state index contributed by atoms with van der Waals surface area (Å²) >= 11 is 0. The Morgan fingerprint density at radius 2 is 1.10 bits per heavy atom. The number of nitrogens with one attached hydrogen (secondary N) is 9. The number of amides is 9. The van der Waals surface area contributed by atoms with E-state index in [-0.39, 0.29) is 70.5 Å². The summed E-state index contributed by atoms with van der Waals surface area (Å²) in [6, 6.07) is -14.7. The van der Waals surface area contributed by atoms with E-state index in [2.05, 4.69) is 62.1 Å². The summed E-state index contributed by atoms with van der Waals surface area (Å²) in [7, 11) is 0. The lowest BCUT2D eigenvalue weighted by Gasteiger charge is -2.31. The first-order valence-electron chi connectivity index (χ1n) is 26.2. The molecule has 0 radical (unpaired) electrons. The van der Waals surface area contributed by atoms with Gasteiger partial charge in [0.15, 0.2) is 5.96 Å². The van der Waals surface area contributed by atoms with Crippen LogP contribution in [0.1, 0.15) is 90.4 Å². The minimum atomic E-state index is -1.78. The molecule has 0 spiro atoms. The van der Waals surface area contributed by atoms with E-state index in [0.29, 0.717) is 17.8 Å². The number of carboxylic acids is 2. The molecule has 33 nitrogen and oxygen atoms in total. The van der Waals surface area contributed by atoms with Gasteiger partial charge < -0.3 is 99.7 Å². The van der Waals surface area contributed by atoms with Crippen LogP contribution in [0.15, 0.2) is 30.0 Å². The summed E-state index contributed by atoms with van der Waals surface area (Å²) in [5, 5.41) is 67.4. The first kappa shape index (κ1) is 65.2. The number of aliphatic hydroxyl groups is 3. The summed E-state index contributed by atoms with van der Waals surface area (Å²) < 4.78 is 0. The van der Waals surface area contributed by atoms with Crippen LogP contribution >= 0.6 is 0 Å². The molecule has 0 bridgehead atoms. The molecule has 0 unspecified atom stereocenters. The number of hydrogen-bond donors (Lipinski definition) is 17. The Morgan fingerprint density at radius 3 is 1.58 bits per heavy atom. The Morgan fingerprint density at radius 1 is 0.617 bits per heavy atom. The third-order valence-corrected chi connectivity index (χ3v) is 13.4. The number of nitrogens with zero attached hydrogens (tertiary/aromatic N) is 5. The van der Waals surface area contributed by atoms with Crippen LogP contribution in [0.4, 0.5) is 0 Å². The Hall–Kier alpha value is -8.30. The van der Waals surface area contributed by atoms with E-state index >= 15 is 0 Å². The van der Waals surface area contributed by atoms with Gasteiger partial charge in [-0.2, -0.15) is 0 Å². The molecule has 0 aliphatic carbocycles. The second-order valence-electron chi connectivity index (χ2n) is 19.9. The van der Waals surface area contributed by atoms with Crippen molar-refractivity contribution >= 4 is 71.1 Å². The van der Waals surface area contributed by atoms with Gasteiger partial charge in [-0.1, -0.05) is 0 Å². The average molecular weight is 1150 g/mol. The van der Waals surface area contributed by atoms with Gasteiger partial charge in [0, 0.05) is 62.7 Å². The second kappa shape index (κ2) is 30.9. The molecule has 2 aromatic heterocycles. The molecule has 2 aromatic rings. The van der Waals surface area contributed by atoms with Crippen molar-refractivity contribution in [3.8, 4) is 0 Å². The maximum Gasteiger partial charge on any atom is 0.326 e. The molecule has 448 valence electrons. The average Bonchev–Trinajstić information content (AvgIpc) is 4.28. The maximum atomic E-state index is 14.1. The first-order valence-corrected chi connectivity index (χ1v) is 26.2. The third-order valence-electron chi connectivity index (χ3n) is 13.4. The minimum absolute atomic E-state index is 0.0354. The lowest BCUT2D eigenvalue weighted by atomic mass is 10.1. The number of aliphatic imine (C=N–C) groups is 1. The van der Waals surface area contributed by atoms with Crippen molar-refractivity contribution in [2.24, 2.45) is 22.2 Å². The minimum Gasteiger partial charge on any atom is -0.481 e. The second-order valence-corrected chi connectivity index (χ2v) is 19.9. The number of aromatic amines is 2. The number of imidazole rings is 2. The summed E-state index contributed by atoms with van der Waals surface area (Å²) in [6.45, 7) is 4.99. The van der Waals surface area contributed by atoms with Crippen LogP contribution in [0.25, 0.3) is 0 Å². The predicted molar refractivity (Wildman–Crippen MR) is 281 cm³/mol.